The van der Waals surface area contributed by atoms with Gasteiger partial charge >= 0.3 is 0 Å². The lowest BCUT2D eigenvalue weighted by atomic mass is 10.0. The lowest BCUT2D eigenvalue weighted by Crippen LogP contribution is -2.37. The zero-order valence-electron chi connectivity index (χ0n) is 17.2. The van der Waals surface area contributed by atoms with E-state index in [1.54, 1.807) is 30.3 Å². The van der Waals surface area contributed by atoms with Gasteiger partial charge in [-0.25, -0.2) is 9.29 Å². The Bertz CT molecular complexity index is 992. The molecule has 2 aromatic rings. The molecule has 0 bridgehead atoms. The second-order valence-corrected chi connectivity index (χ2v) is 7.89. The molecule has 30 heavy (non-hydrogen) atoms. The summed E-state index contributed by atoms with van der Waals surface area (Å²) in [6.45, 7) is 5.34. The molecule has 5 nitrogen and oxygen atoms in total. The van der Waals surface area contributed by atoms with Gasteiger partial charge in [0.15, 0.2) is 0 Å². The van der Waals surface area contributed by atoms with Crippen LogP contribution in [0.3, 0.4) is 0 Å². The fourth-order valence-electron chi connectivity index (χ4n) is 4.01. The number of nitrogens with zero attached hydrogens (tertiary/aromatic N) is 2. The molecule has 0 saturated carbocycles. The van der Waals surface area contributed by atoms with Gasteiger partial charge in [-0.1, -0.05) is 18.2 Å². The van der Waals surface area contributed by atoms with Crippen molar-refractivity contribution < 1.29 is 18.7 Å². The summed E-state index contributed by atoms with van der Waals surface area (Å²) in [4.78, 5) is 29.9. The number of amides is 2. The third kappa shape index (κ3) is 3.82. The number of hydrogen-bond acceptors (Lipinski definition) is 4. The van der Waals surface area contributed by atoms with Gasteiger partial charge in [-0.3, -0.25) is 9.59 Å². The van der Waals surface area contributed by atoms with E-state index in [1.807, 2.05) is 18.7 Å². The van der Waals surface area contributed by atoms with Crippen LogP contribution in [0.4, 0.5) is 10.1 Å². The van der Waals surface area contributed by atoms with Crippen LogP contribution in [0.25, 0.3) is 5.57 Å². The third-order valence-corrected chi connectivity index (χ3v) is 5.31. The number of halogens is 1. The van der Waals surface area contributed by atoms with Crippen molar-refractivity contribution in [2.24, 2.45) is 0 Å². The highest BCUT2D eigenvalue weighted by molar-refractivity contribution is 6.45. The molecule has 156 valence electrons. The van der Waals surface area contributed by atoms with Crippen LogP contribution in [0.1, 0.15) is 38.7 Å². The zero-order chi connectivity index (χ0) is 21.3. The van der Waals surface area contributed by atoms with Gasteiger partial charge in [0.2, 0.25) is 0 Å². The number of rotatable bonds is 5. The normalized spacial score (nSPS) is 17.3. The van der Waals surface area contributed by atoms with Gasteiger partial charge in [-0.05, 0) is 69.0 Å². The van der Waals surface area contributed by atoms with Crippen molar-refractivity contribution in [2.75, 3.05) is 18.0 Å². The van der Waals surface area contributed by atoms with Crippen molar-refractivity contribution in [1.29, 1.82) is 0 Å². The van der Waals surface area contributed by atoms with E-state index in [9.17, 15) is 14.0 Å². The van der Waals surface area contributed by atoms with Crippen LogP contribution in [0.15, 0.2) is 54.2 Å². The Morgan fingerprint density at radius 3 is 2.27 bits per heavy atom. The summed E-state index contributed by atoms with van der Waals surface area (Å²) in [5.74, 6) is -0.613. The van der Waals surface area contributed by atoms with Gasteiger partial charge in [0.1, 0.15) is 17.3 Å². The van der Waals surface area contributed by atoms with Crippen LogP contribution in [0, 0.1) is 5.82 Å². The van der Waals surface area contributed by atoms with E-state index < -0.39 is 17.6 Å². The number of carbonyl (C=O) groups is 2. The van der Waals surface area contributed by atoms with E-state index in [2.05, 4.69) is 0 Å². The number of carbonyl (C=O) groups excluding carboxylic acids is 2. The van der Waals surface area contributed by atoms with E-state index >= 15 is 0 Å². The van der Waals surface area contributed by atoms with Gasteiger partial charge in [-0.2, -0.15) is 0 Å². The molecule has 0 unspecified atom stereocenters. The predicted octanol–water partition coefficient (Wildman–Crippen LogP) is 4.38. The molecule has 1 fully saturated rings. The first-order valence-corrected chi connectivity index (χ1v) is 10.4. The number of anilines is 1. The summed E-state index contributed by atoms with van der Waals surface area (Å²) < 4.78 is 19.5. The predicted molar refractivity (Wildman–Crippen MR) is 113 cm³/mol. The Morgan fingerprint density at radius 1 is 0.933 bits per heavy atom. The molecule has 2 aromatic carbocycles. The maximum absolute atomic E-state index is 13.8. The molecule has 0 aliphatic carbocycles. The fraction of sp³-hybridized carbons (Fsp3) is 0.333. The van der Waals surface area contributed by atoms with Gasteiger partial charge in [0.05, 0.1) is 17.4 Å². The average Bonchev–Trinajstić information content (AvgIpc) is 2.99. The Hall–Kier alpha value is -3.15. The topological polar surface area (TPSA) is 49.9 Å². The Balaban J connectivity index is 1.77. The van der Waals surface area contributed by atoms with Crippen molar-refractivity contribution in [1.82, 2.24) is 4.90 Å². The van der Waals surface area contributed by atoms with E-state index in [0.29, 0.717) is 22.6 Å². The third-order valence-electron chi connectivity index (χ3n) is 5.31. The maximum atomic E-state index is 13.8. The average molecular weight is 408 g/mol. The number of piperidine rings is 1. The zero-order valence-corrected chi connectivity index (χ0v) is 17.2. The fourth-order valence-corrected chi connectivity index (χ4v) is 4.01. The summed E-state index contributed by atoms with van der Waals surface area (Å²) in [7, 11) is 0. The minimum Gasteiger partial charge on any atom is -0.491 e. The Kier molecular flexibility index (Phi) is 5.57. The molecule has 2 aliphatic heterocycles. The minimum absolute atomic E-state index is 0.0390. The van der Waals surface area contributed by atoms with Crippen LogP contribution < -0.4 is 9.64 Å². The molecular weight excluding hydrogens is 383 g/mol. The highest BCUT2D eigenvalue weighted by Crippen LogP contribution is 2.36. The van der Waals surface area contributed by atoms with E-state index in [4.69, 9.17) is 4.74 Å². The summed E-state index contributed by atoms with van der Waals surface area (Å²) in [6.07, 6.45) is 3.09. The molecule has 2 amide bonds. The van der Waals surface area contributed by atoms with Crippen molar-refractivity contribution in [3.63, 3.8) is 0 Å². The van der Waals surface area contributed by atoms with Gasteiger partial charge < -0.3 is 9.64 Å². The molecule has 2 aliphatic rings. The number of likely N-dealkylation sites (tertiary alicyclic amines) is 1. The molecule has 1 saturated heterocycles. The molecule has 6 heteroatoms. The van der Waals surface area contributed by atoms with Crippen LogP contribution in [0.5, 0.6) is 5.75 Å². The number of imide groups is 1. The number of ether oxygens (including phenoxy) is 1. The van der Waals surface area contributed by atoms with Gasteiger partial charge in [0, 0.05) is 13.1 Å². The molecular formula is C24H25FN2O3. The van der Waals surface area contributed by atoms with Crippen LogP contribution in [-0.4, -0.2) is 35.9 Å². The number of benzene rings is 2. The summed E-state index contributed by atoms with van der Waals surface area (Å²) >= 11 is 0. The summed E-state index contributed by atoms with van der Waals surface area (Å²) in [5, 5.41) is 0. The second kappa shape index (κ2) is 8.30. The standard InChI is InChI=1S/C24H25FN2O3/c1-16(2)30-20-11-9-17(10-12-20)21-22(26-13-4-3-5-14-26)24(29)27(23(21)28)19-8-6-7-18(25)15-19/h6-12,15-16H,3-5,13-14H2,1-2H3. The SMILES string of the molecule is CC(C)Oc1ccc(C2=C(N3CCCCC3)C(=O)N(c3cccc(F)c3)C2=O)cc1. The van der Waals surface area contributed by atoms with Crippen molar-refractivity contribution in [2.45, 2.75) is 39.2 Å². The quantitative estimate of drug-likeness (QED) is 0.689. The maximum Gasteiger partial charge on any atom is 0.282 e. The van der Waals surface area contributed by atoms with Crippen molar-refractivity contribution in [3.05, 3.63) is 65.6 Å². The van der Waals surface area contributed by atoms with Crippen LogP contribution in [0.2, 0.25) is 0 Å². The molecule has 0 N–H and O–H groups in total. The first-order chi connectivity index (χ1) is 14.5. The smallest absolute Gasteiger partial charge is 0.282 e. The highest BCUT2D eigenvalue weighted by atomic mass is 19.1. The molecule has 0 atom stereocenters. The second-order valence-electron chi connectivity index (χ2n) is 7.89. The molecule has 0 aromatic heterocycles. The molecule has 2 heterocycles. The monoisotopic (exact) mass is 408 g/mol. The highest BCUT2D eigenvalue weighted by Gasteiger charge is 2.42. The van der Waals surface area contributed by atoms with E-state index in [0.717, 1.165) is 37.3 Å². The van der Waals surface area contributed by atoms with Crippen molar-refractivity contribution >= 4 is 23.1 Å². The van der Waals surface area contributed by atoms with E-state index in [-0.39, 0.29) is 11.8 Å². The number of hydrogen-bond donors (Lipinski definition) is 0. The Labute approximate surface area is 175 Å². The summed E-state index contributed by atoms with van der Waals surface area (Å²) in [5.41, 5.74) is 1.67. The van der Waals surface area contributed by atoms with E-state index in [1.165, 1.54) is 18.2 Å². The van der Waals surface area contributed by atoms with Gasteiger partial charge in [-0.15, -0.1) is 0 Å². The van der Waals surface area contributed by atoms with Crippen molar-refractivity contribution in [3.8, 4) is 5.75 Å². The lowest BCUT2D eigenvalue weighted by molar-refractivity contribution is -0.120. The minimum atomic E-state index is -0.490. The van der Waals surface area contributed by atoms with Crippen LogP contribution in [-0.2, 0) is 9.59 Å². The largest absolute Gasteiger partial charge is 0.491 e. The molecule has 0 spiro atoms. The molecule has 0 radical (unpaired) electrons. The summed E-state index contributed by atoms with van der Waals surface area (Å²) in [6, 6.07) is 12.8. The molecule has 4 rings (SSSR count). The lowest BCUT2D eigenvalue weighted by Gasteiger charge is -2.29. The van der Waals surface area contributed by atoms with Gasteiger partial charge in [0.25, 0.3) is 11.8 Å². The van der Waals surface area contributed by atoms with Crippen LogP contribution >= 0.6 is 0 Å². The first-order valence-electron chi connectivity index (χ1n) is 10.4. The Morgan fingerprint density at radius 2 is 1.63 bits per heavy atom. The first kappa shape index (κ1) is 20.1.